The molecule has 4 nitrogen and oxygen atoms in total. The summed E-state index contributed by atoms with van der Waals surface area (Å²) in [6.07, 6.45) is 2.15. The van der Waals surface area contributed by atoms with E-state index in [0.717, 1.165) is 42.6 Å². The SMILES string of the molecule is Cc1ccc(C)c(CS(=O)(=O)NCC2CCN(C(C)C)CC2)c1. The van der Waals surface area contributed by atoms with E-state index in [2.05, 4.69) is 23.5 Å². The first kappa shape index (κ1) is 18.4. The lowest BCUT2D eigenvalue weighted by molar-refractivity contribution is 0.150. The van der Waals surface area contributed by atoms with Crippen molar-refractivity contribution in [3.05, 3.63) is 34.9 Å². The van der Waals surface area contributed by atoms with Gasteiger partial charge in [0.25, 0.3) is 0 Å². The van der Waals surface area contributed by atoms with Gasteiger partial charge in [-0.25, -0.2) is 13.1 Å². The van der Waals surface area contributed by atoms with Crippen molar-refractivity contribution in [2.75, 3.05) is 19.6 Å². The molecule has 1 aromatic carbocycles. The number of likely N-dealkylation sites (tertiary alicyclic amines) is 1. The van der Waals surface area contributed by atoms with E-state index in [1.807, 2.05) is 32.0 Å². The second kappa shape index (κ2) is 7.77. The third kappa shape index (κ3) is 5.59. The average molecular weight is 339 g/mol. The van der Waals surface area contributed by atoms with Crippen LogP contribution in [0.1, 0.15) is 43.4 Å². The highest BCUT2D eigenvalue weighted by atomic mass is 32.2. The Bertz CT molecular complexity index is 618. The highest BCUT2D eigenvalue weighted by Crippen LogP contribution is 2.19. The molecule has 1 aliphatic heterocycles. The quantitative estimate of drug-likeness (QED) is 0.868. The Kier molecular flexibility index (Phi) is 6.23. The summed E-state index contributed by atoms with van der Waals surface area (Å²) in [5, 5.41) is 0. The van der Waals surface area contributed by atoms with Crippen molar-refractivity contribution in [1.82, 2.24) is 9.62 Å². The van der Waals surface area contributed by atoms with Crippen molar-refractivity contribution in [1.29, 1.82) is 0 Å². The van der Waals surface area contributed by atoms with Crippen LogP contribution in [0.5, 0.6) is 0 Å². The number of sulfonamides is 1. The van der Waals surface area contributed by atoms with Gasteiger partial charge < -0.3 is 4.90 Å². The normalized spacial score (nSPS) is 17.8. The van der Waals surface area contributed by atoms with Crippen LogP contribution in [-0.2, 0) is 15.8 Å². The largest absolute Gasteiger partial charge is 0.301 e. The lowest BCUT2D eigenvalue weighted by Crippen LogP contribution is -2.41. The smallest absolute Gasteiger partial charge is 0.215 e. The van der Waals surface area contributed by atoms with Gasteiger partial charge in [0, 0.05) is 12.6 Å². The van der Waals surface area contributed by atoms with Crippen LogP contribution in [0, 0.1) is 19.8 Å². The van der Waals surface area contributed by atoms with Crippen LogP contribution in [0.4, 0.5) is 0 Å². The van der Waals surface area contributed by atoms with Gasteiger partial charge in [0.1, 0.15) is 0 Å². The van der Waals surface area contributed by atoms with E-state index in [4.69, 9.17) is 0 Å². The van der Waals surface area contributed by atoms with E-state index >= 15 is 0 Å². The molecule has 1 aliphatic rings. The molecule has 23 heavy (non-hydrogen) atoms. The number of hydrogen-bond donors (Lipinski definition) is 1. The van der Waals surface area contributed by atoms with Gasteiger partial charge in [-0.05, 0) is 70.7 Å². The zero-order valence-electron chi connectivity index (χ0n) is 14.8. The molecule has 0 saturated carbocycles. The van der Waals surface area contributed by atoms with Crippen molar-refractivity contribution in [2.45, 2.75) is 52.3 Å². The van der Waals surface area contributed by atoms with Gasteiger partial charge in [0.2, 0.25) is 10.0 Å². The first-order valence-electron chi connectivity index (χ1n) is 8.54. The second-order valence-corrected chi connectivity index (χ2v) is 8.92. The molecule has 0 unspecified atom stereocenters. The molecule has 1 N–H and O–H groups in total. The molecule has 0 amide bonds. The van der Waals surface area contributed by atoms with Crippen LogP contribution in [0.15, 0.2) is 18.2 Å². The molecule has 1 saturated heterocycles. The van der Waals surface area contributed by atoms with E-state index in [9.17, 15) is 8.42 Å². The average Bonchev–Trinajstić information content (AvgIpc) is 2.49. The Labute approximate surface area is 141 Å². The number of piperidine rings is 1. The van der Waals surface area contributed by atoms with Crippen molar-refractivity contribution in [3.63, 3.8) is 0 Å². The van der Waals surface area contributed by atoms with Crippen LogP contribution in [0.2, 0.25) is 0 Å². The fourth-order valence-corrected chi connectivity index (χ4v) is 4.44. The Morgan fingerprint density at radius 2 is 1.87 bits per heavy atom. The molecule has 0 radical (unpaired) electrons. The van der Waals surface area contributed by atoms with Crippen molar-refractivity contribution in [3.8, 4) is 0 Å². The number of aryl methyl sites for hydroxylation is 2. The minimum atomic E-state index is -3.27. The van der Waals surface area contributed by atoms with E-state index in [1.165, 1.54) is 0 Å². The highest BCUT2D eigenvalue weighted by Gasteiger charge is 2.22. The predicted octanol–water partition coefficient (Wildman–Crippen LogP) is 2.84. The summed E-state index contributed by atoms with van der Waals surface area (Å²) in [7, 11) is -3.27. The molecule has 5 heteroatoms. The van der Waals surface area contributed by atoms with Gasteiger partial charge in [0.15, 0.2) is 0 Å². The first-order valence-corrected chi connectivity index (χ1v) is 10.2. The third-order valence-corrected chi connectivity index (χ3v) is 6.12. The lowest BCUT2D eigenvalue weighted by atomic mass is 9.96. The summed E-state index contributed by atoms with van der Waals surface area (Å²) >= 11 is 0. The summed E-state index contributed by atoms with van der Waals surface area (Å²) in [6, 6.07) is 6.55. The standard InChI is InChI=1S/C18H30N2O2S/c1-14(2)20-9-7-17(8-10-20)12-19-23(21,22)13-18-11-15(3)5-6-16(18)4/h5-6,11,14,17,19H,7-10,12-13H2,1-4H3. The molecule has 0 atom stereocenters. The Hall–Kier alpha value is -0.910. The summed E-state index contributed by atoms with van der Waals surface area (Å²) in [5.41, 5.74) is 3.03. The Morgan fingerprint density at radius 3 is 2.48 bits per heavy atom. The van der Waals surface area contributed by atoms with Crippen LogP contribution in [0.25, 0.3) is 0 Å². The minimum Gasteiger partial charge on any atom is -0.301 e. The number of rotatable bonds is 6. The zero-order valence-corrected chi connectivity index (χ0v) is 15.6. The molecule has 1 fully saturated rings. The van der Waals surface area contributed by atoms with E-state index < -0.39 is 10.0 Å². The summed E-state index contributed by atoms with van der Waals surface area (Å²) in [4.78, 5) is 2.46. The monoisotopic (exact) mass is 338 g/mol. The van der Waals surface area contributed by atoms with Crippen molar-refractivity contribution in [2.24, 2.45) is 5.92 Å². The minimum absolute atomic E-state index is 0.0748. The van der Waals surface area contributed by atoms with Crippen LogP contribution in [0.3, 0.4) is 0 Å². The van der Waals surface area contributed by atoms with Gasteiger partial charge in [0.05, 0.1) is 5.75 Å². The van der Waals surface area contributed by atoms with Crippen molar-refractivity contribution >= 4 is 10.0 Å². The lowest BCUT2D eigenvalue weighted by Gasteiger charge is -2.34. The zero-order chi connectivity index (χ0) is 17.0. The fraction of sp³-hybridized carbons (Fsp3) is 0.667. The maximum atomic E-state index is 12.4. The molecule has 0 spiro atoms. The maximum absolute atomic E-state index is 12.4. The first-order chi connectivity index (χ1) is 10.8. The molecule has 2 rings (SSSR count). The molecule has 0 aromatic heterocycles. The highest BCUT2D eigenvalue weighted by molar-refractivity contribution is 7.88. The molecule has 1 heterocycles. The van der Waals surface area contributed by atoms with E-state index in [0.29, 0.717) is 18.5 Å². The molecule has 1 aromatic rings. The number of hydrogen-bond acceptors (Lipinski definition) is 3. The Balaban J connectivity index is 1.86. The topological polar surface area (TPSA) is 49.4 Å². The van der Waals surface area contributed by atoms with Crippen LogP contribution < -0.4 is 4.72 Å². The van der Waals surface area contributed by atoms with Gasteiger partial charge >= 0.3 is 0 Å². The number of nitrogens with one attached hydrogen (secondary N) is 1. The fourth-order valence-electron chi connectivity index (χ4n) is 3.13. The van der Waals surface area contributed by atoms with E-state index in [-0.39, 0.29) is 5.75 Å². The molecule has 130 valence electrons. The van der Waals surface area contributed by atoms with Gasteiger partial charge in [-0.15, -0.1) is 0 Å². The molecule has 0 aliphatic carbocycles. The van der Waals surface area contributed by atoms with E-state index in [1.54, 1.807) is 0 Å². The van der Waals surface area contributed by atoms with Crippen LogP contribution in [-0.4, -0.2) is 39.0 Å². The van der Waals surface area contributed by atoms with Gasteiger partial charge in [-0.3, -0.25) is 0 Å². The predicted molar refractivity (Wildman–Crippen MR) is 96.0 cm³/mol. The summed E-state index contributed by atoms with van der Waals surface area (Å²) < 4.78 is 27.5. The van der Waals surface area contributed by atoms with Crippen molar-refractivity contribution < 1.29 is 8.42 Å². The van der Waals surface area contributed by atoms with Gasteiger partial charge in [-0.1, -0.05) is 23.8 Å². The second-order valence-electron chi connectivity index (χ2n) is 7.11. The molecular weight excluding hydrogens is 308 g/mol. The summed E-state index contributed by atoms with van der Waals surface area (Å²) in [6.45, 7) is 11.1. The maximum Gasteiger partial charge on any atom is 0.215 e. The Morgan fingerprint density at radius 1 is 1.22 bits per heavy atom. The third-order valence-electron chi connectivity index (χ3n) is 4.82. The summed E-state index contributed by atoms with van der Waals surface area (Å²) in [5.74, 6) is 0.532. The molecule has 0 bridgehead atoms. The van der Waals surface area contributed by atoms with Gasteiger partial charge in [-0.2, -0.15) is 0 Å². The number of benzene rings is 1. The molecular formula is C18H30N2O2S. The van der Waals surface area contributed by atoms with Crippen LogP contribution >= 0.6 is 0 Å². The number of nitrogens with zero attached hydrogens (tertiary/aromatic N) is 1.